The molecule has 1 saturated carbocycles. The average molecular weight is 299 g/mol. The molecule has 0 spiro atoms. The van der Waals surface area contributed by atoms with E-state index >= 15 is 0 Å². The van der Waals surface area contributed by atoms with Crippen LogP contribution in [0.15, 0.2) is 23.9 Å². The van der Waals surface area contributed by atoms with Crippen LogP contribution in [0.1, 0.15) is 55.2 Å². The lowest BCUT2D eigenvalue weighted by Crippen LogP contribution is -2.18. The van der Waals surface area contributed by atoms with Gasteiger partial charge in [0.25, 0.3) is 0 Å². The Balaban J connectivity index is 2.26. The Bertz CT molecular complexity index is 543. The Morgan fingerprint density at radius 2 is 1.77 bits per heavy atom. The summed E-state index contributed by atoms with van der Waals surface area (Å²) in [5, 5.41) is 11.2. The summed E-state index contributed by atoms with van der Waals surface area (Å²) in [7, 11) is 0. The second kappa shape index (κ2) is 7.48. The van der Waals surface area contributed by atoms with Gasteiger partial charge in [-0.2, -0.15) is 0 Å². The molecule has 0 aromatic heterocycles. The maximum absolute atomic E-state index is 7.50. The van der Waals surface area contributed by atoms with Gasteiger partial charge in [-0.15, -0.1) is 0 Å². The van der Waals surface area contributed by atoms with E-state index in [1.54, 1.807) is 0 Å². The minimum Gasteiger partial charge on any atom is -0.387 e. The standard InChI is InChI=1S/C19H29N3/c1-13-11-14(2)19(15(3)12-13)22-17(9-10-18(20)21)16-7-5-4-6-8-16/h9,11-12,16,22H,4-8,10H2,1-3H3,(H3,20,21)/b17-9-. The fraction of sp³-hybridized carbons (Fsp3) is 0.526. The van der Waals surface area contributed by atoms with Gasteiger partial charge in [0.05, 0.1) is 5.84 Å². The molecule has 0 unspecified atom stereocenters. The number of hydrogen-bond donors (Lipinski definition) is 3. The molecule has 0 radical (unpaired) electrons. The summed E-state index contributed by atoms with van der Waals surface area (Å²) in [6.07, 6.45) is 9.07. The number of nitrogens with two attached hydrogens (primary N) is 1. The first-order chi connectivity index (χ1) is 10.5. The maximum Gasteiger partial charge on any atom is 0.0944 e. The van der Waals surface area contributed by atoms with Crippen LogP contribution in [0.5, 0.6) is 0 Å². The summed E-state index contributed by atoms with van der Waals surface area (Å²) >= 11 is 0. The highest BCUT2D eigenvalue weighted by molar-refractivity contribution is 5.78. The molecule has 3 nitrogen and oxygen atoms in total. The predicted molar refractivity (Wildman–Crippen MR) is 95.5 cm³/mol. The van der Waals surface area contributed by atoms with Crippen LogP contribution >= 0.6 is 0 Å². The zero-order valence-corrected chi connectivity index (χ0v) is 14.1. The molecule has 1 aliphatic carbocycles. The highest BCUT2D eigenvalue weighted by Crippen LogP contribution is 2.32. The number of nitrogens with one attached hydrogen (secondary N) is 2. The highest BCUT2D eigenvalue weighted by Gasteiger charge is 2.19. The quantitative estimate of drug-likeness (QED) is 0.539. The molecule has 2 rings (SSSR count). The van der Waals surface area contributed by atoms with Crippen LogP contribution in [0.25, 0.3) is 0 Å². The lowest BCUT2D eigenvalue weighted by molar-refractivity contribution is 0.404. The fourth-order valence-electron chi connectivity index (χ4n) is 3.47. The number of aryl methyl sites for hydroxylation is 3. The Hall–Kier alpha value is -1.77. The van der Waals surface area contributed by atoms with E-state index in [4.69, 9.17) is 11.1 Å². The third-order valence-corrected chi connectivity index (χ3v) is 4.53. The molecule has 1 aromatic carbocycles. The highest BCUT2D eigenvalue weighted by atomic mass is 14.9. The first-order valence-electron chi connectivity index (χ1n) is 8.35. The van der Waals surface area contributed by atoms with E-state index in [1.807, 2.05) is 0 Å². The second-order valence-corrected chi connectivity index (χ2v) is 6.62. The largest absolute Gasteiger partial charge is 0.387 e. The third kappa shape index (κ3) is 4.36. The van der Waals surface area contributed by atoms with Crippen molar-refractivity contribution in [3.05, 3.63) is 40.6 Å². The molecule has 22 heavy (non-hydrogen) atoms. The normalized spacial score (nSPS) is 16.6. The molecule has 3 heteroatoms. The summed E-state index contributed by atoms with van der Waals surface area (Å²) in [6, 6.07) is 4.44. The Morgan fingerprint density at radius 3 is 2.32 bits per heavy atom. The summed E-state index contributed by atoms with van der Waals surface area (Å²) in [5.74, 6) is 0.806. The van der Waals surface area contributed by atoms with Crippen LogP contribution in [0, 0.1) is 32.1 Å². The van der Waals surface area contributed by atoms with Gasteiger partial charge < -0.3 is 11.1 Å². The van der Waals surface area contributed by atoms with Gasteiger partial charge in [0.2, 0.25) is 0 Å². The first-order valence-corrected chi connectivity index (χ1v) is 8.35. The minimum absolute atomic E-state index is 0.229. The molecule has 0 amide bonds. The molecule has 1 aromatic rings. The Morgan fingerprint density at radius 1 is 1.18 bits per heavy atom. The Labute approximate surface area is 134 Å². The van der Waals surface area contributed by atoms with E-state index in [-0.39, 0.29) is 5.84 Å². The van der Waals surface area contributed by atoms with E-state index < -0.39 is 0 Å². The van der Waals surface area contributed by atoms with Crippen LogP contribution in [-0.2, 0) is 0 Å². The van der Waals surface area contributed by atoms with Gasteiger partial charge in [-0.05, 0) is 50.7 Å². The van der Waals surface area contributed by atoms with Gasteiger partial charge in [-0.25, -0.2) is 0 Å². The second-order valence-electron chi connectivity index (χ2n) is 6.62. The van der Waals surface area contributed by atoms with Crippen molar-refractivity contribution in [1.29, 1.82) is 5.41 Å². The van der Waals surface area contributed by atoms with Crippen LogP contribution in [0.4, 0.5) is 5.69 Å². The van der Waals surface area contributed by atoms with Crippen molar-refractivity contribution in [1.82, 2.24) is 0 Å². The fourth-order valence-corrected chi connectivity index (χ4v) is 3.47. The number of anilines is 1. The molecular formula is C19H29N3. The molecule has 0 atom stereocenters. The lowest BCUT2D eigenvalue weighted by Gasteiger charge is -2.27. The average Bonchev–Trinajstić information content (AvgIpc) is 2.46. The molecule has 1 fully saturated rings. The molecule has 0 bridgehead atoms. The van der Waals surface area contributed by atoms with Crippen molar-refractivity contribution < 1.29 is 0 Å². The van der Waals surface area contributed by atoms with Crippen LogP contribution in [-0.4, -0.2) is 5.84 Å². The molecule has 0 heterocycles. The van der Waals surface area contributed by atoms with Gasteiger partial charge in [-0.3, -0.25) is 5.41 Å². The van der Waals surface area contributed by atoms with E-state index in [9.17, 15) is 0 Å². The number of benzene rings is 1. The molecule has 0 aliphatic heterocycles. The first kappa shape index (κ1) is 16.6. The zero-order valence-electron chi connectivity index (χ0n) is 14.1. The van der Waals surface area contributed by atoms with Crippen molar-refractivity contribution in [2.24, 2.45) is 11.7 Å². The predicted octanol–water partition coefficient (Wildman–Crippen LogP) is 4.81. The lowest BCUT2D eigenvalue weighted by atomic mass is 9.86. The molecule has 120 valence electrons. The monoisotopic (exact) mass is 299 g/mol. The molecule has 1 aliphatic rings. The van der Waals surface area contributed by atoms with Gasteiger partial charge in [-0.1, -0.05) is 43.0 Å². The number of rotatable bonds is 5. The SMILES string of the molecule is Cc1cc(C)c(N/C(=C\CC(=N)N)C2CCCCC2)c(C)c1. The van der Waals surface area contributed by atoms with E-state index in [1.165, 1.54) is 60.2 Å². The topological polar surface area (TPSA) is 61.9 Å². The van der Waals surface area contributed by atoms with E-state index in [0.29, 0.717) is 12.3 Å². The van der Waals surface area contributed by atoms with Crippen molar-refractivity contribution in [3.63, 3.8) is 0 Å². The van der Waals surface area contributed by atoms with Crippen LogP contribution < -0.4 is 11.1 Å². The molecule has 0 saturated heterocycles. The number of allylic oxidation sites excluding steroid dienone is 1. The Kier molecular flexibility index (Phi) is 5.64. The van der Waals surface area contributed by atoms with Crippen molar-refractivity contribution in [2.75, 3.05) is 5.32 Å². The van der Waals surface area contributed by atoms with Crippen molar-refractivity contribution >= 4 is 11.5 Å². The zero-order chi connectivity index (χ0) is 16.1. The summed E-state index contributed by atoms with van der Waals surface area (Å²) in [4.78, 5) is 0. The van der Waals surface area contributed by atoms with Gasteiger partial charge in [0.15, 0.2) is 0 Å². The smallest absolute Gasteiger partial charge is 0.0944 e. The maximum atomic E-state index is 7.50. The van der Waals surface area contributed by atoms with E-state index in [2.05, 4.69) is 44.3 Å². The minimum atomic E-state index is 0.229. The third-order valence-electron chi connectivity index (χ3n) is 4.53. The van der Waals surface area contributed by atoms with Gasteiger partial charge in [0, 0.05) is 17.8 Å². The van der Waals surface area contributed by atoms with Crippen molar-refractivity contribution in [2.45, 2.75) is 59.3 Å². The van der Waals surface area contributed by atoms with Crippen molar-refractivity contribution in [3.8, 4) is 0 Å². The summed E-state index contributed by atoms with van der Waals surface area (Å²) in [6.45, 7) is 6.45. The van der Waals surface area contributed by atoms with Gasteiger partial charge >= 0.3 is 0 Å². The summed E-state index contributed by atoms with van der Waals surface area (Å²) in [5.41, 5.74) is 11.9. The summed E-state index contributed by atoms with van der Waals surface area (Å²) < 4.78 is 0. The number of amidine groups is 1. The molecular weight excluding hydrogens is 270 g/mol. The van der Waals surface area contributed by atoms with Crippen LogP contribution in [0.3, 0.4) is 0 Å². The van der Waals surface area contributed by atoms with E-state index in [0.717, 1.165) is 0 Å². The number of hydrogen-bond acceptors (Lipinski definition) is 2. The molecule has 4 N–H and O–H groups in total. The van der Waals surface area contributed by atoms with Crippen LogP contribution in [0.2, 0.25) is 0 Å². The van der Waals surface area contributed by atoms with Gasteiger partial charge in [0.1, 0.15) is 0 Å².